The summed E-state index contributed by atoms with van der Waals surface area (Å²) in [5.41, 5.74) is 2.44. The summed E-state index contributed by atoms with van der Waals surface area (Å²) in [7, 11) is 0. The van der Waals surface area contributed by atoms with Crippen LogP contribution in [0, 0.1) is 18.3 Å². The lowest BCUT2D eigenvalue weighted by molar-refractivity contribution is -0.112. The molecule has 7 heteroatoms. The number of carbonyl (C=O) groups is 2. The van der Waals surface area contributed by atoms with Gasteiger partial charge in [-0.2, -0.15) is 5.26 Å². The molecule has 0 fully saturated rings. The van der Waals surface area contributed by atoms with E-state index in [4.69, 9.17) is 20.8 Å². The molecule has 31 heavy (non-hydrogen) atoms. The number of hydrogen-bond donors (Lipinski definition) is 1. The number of amides is 1. The first-order chi connectivity index (χ1) is 14.9. The molecule has 0 atom stereocenters. The Morgan fingerprint density at radius 2 is 1.90 bits per heavy atom. The number of aryl methyl sites for hydroxylation is 1. The zero-order valence-corrected chi connectivity index (χ0v) is 17.7. The maximum absolute atomic E-state index is 12.4. The van der Waals surface area contributed by atoms with Crippen molar-refractivity contribution in [2.75, 3.05) is 11.9 Å². The van der Waals surface area contributed by atoms with Gasteiger partial charge in [-0.3, -0.25) is 4.79 Å². The van der Waals surface area contributed by atoms with Gasteiger partial charge in [-0.1, -0.05) is 29.8 Å². The van der Waals surface area contributed by atoms with Crippen LogP contribution >= 0.6 is 11.6 Å². The number of nitrogens with one attached hydrogen (secondary N) is 1. The van der Waals surface area contributed by atoms with Gasteiger partial charge < -0.3 is 14.5 Å². The number of furan rings is 1. The van der Waals surface area contributed by atoms with Crippen LogP contribution in [0.5, 0.6) is 0 Å². The fraction of sp³-hybridized carbons (Fsp3) is 0.125. The van der Waals surface area contributed by atoms with Gasteiger partial charge in [-0.15, -0.1) is 0 Å². The molecule has 3 rings (SSSR count). The summed E-state index contributed by atoms with van der Waals surface area (Å²) < 4.78 is 10.7. The first kappa shape index (κ1) is 21.9. The van der Waals surface area contributed by atoms with Crippen molar-refractivity contribution >= 4 is 35.2 Å². The van der Waals surface area contributed by atoms with Crippen molar-refractivity contribution in [3.05, 3.63) is 82.1 Å². The van der Waals surface area contributed by atoms with Gasteiger partial charge in [-0.05, 0) is 55.8 Å². The Hall–Kier alpha value is -3.82. The van der Waals surface area contributed by atoms with Gasteiger partial charge in [0.1, 0.15) is 23.2 Å². The summed E-state index contributed by atoms with van der Waals surface area (Å²) in [6.45, 7) is 3.91. The van der Waals surface area contributed by atoms with Crippen LogP contribution in [0.4, 0.5) is 5.69 Å². The molecule has 1 aromatic heterocycles. The Balaban J connectivity index is 1.75. The van der Waals surface area contributed by atoms with Gasteiger partial charge in [-0.25, -0.2) is 4.79 Å². The monoisotopic (exact) mass is 434 g/mol. The normalized spacial score (nSPS) is 11.0. The van der Waals surface area contributed by atoms with Crippen LogP contribution < -0.4 is 5.32 Å². The first-order valence-corrected chi connectivity index (χ1v) is 9.85. The van der Waals surface area contributed by atoms with Gasteiger partial charge in [0.2, 0.25) is 0 Å². The summed E-state index contributed by atoms with van der Waals surface area (Å²) in [5, 5.41) is 12.6. The molecule has 0 saturated carbocycles. The molecule has 1 amide bonds. The summed E-state index contributed by atoms with van der Waals surface area (Å²) >= 11 is 6.07. The van der Waals surface area contributed by atoms with Gasteiger partial charge in [0.15, 0.2) is 0 Å². The van der Waals surface area contributed by atoms with Crippen molar-refractivity contribution < 1.29 is 18.7 Å². The maximum Gasteiger partial charge on any atom is 0.338 e. The molecular weight excluding hydrogens is 416 g/mol. The van der Waals surface area contributed by atoms with E-state index >= 15 is 0 Å². The van der Waals surface area contributed by atoms with E-state index in [2.05, 4.69) is 5.32 Å². The van der Waals surface area contributed by atoms with E-state index in [-0.39, 0.29) is 5.57 Å². The van der Waals surface area contributed by atoms with Crippen molar-refractivity contribution in [1.82, 2.24) is 0 Å². The number of benzene rings is 2. The Morgan fingerprint density at radius 1 is 1.16 bits per heavy atom. The highest BCUT2D eigenvalue weighted by atomic mass is 35.5. The third-order valence-corrected chi connectivity index (χ3v) is 4.80. The summed E-state index contributed by atoms with van der Waals surface area (Å²) in [6, 6.07) is 17.1. The Bertz CT molecular complexity index is 1190. The van der Waals surface area contributed by atoms with E-state index in [1.54, 1.807) is 61.5 Å². The number of hydrogen-bond acceptors (Lipinski definition) is 5. The highest BCUT2D eigenvalue weighted by molar-refractivity contribution is 6.31. The largest absolute Gasteiger partial charge is 0.462 e. The fourth-order valence-electron chi connectivity index (χ4n) is 2.73. The fourth-order valence-corrected chi connectivity index (χ4v) is 2.91. The highest BCUT2D eigenvalue weighted by Crippen LogP contribution is 2.25. The molecule has 1 N–H and O–H groups in total. The van der Waals surface area contributed by atoms with Crippen molar-refractivity contribution in [1.29, 1.82) is 5.26 Å². The first-order valence-electron chi connectivity index (χ1n) is 9.48. The SMILES string of the molecule is CCOC(=O)c1ccc(-c2ccc(/C=C(/C#N)C(=O)Nc3ccc(C)c(Cl)c3)o2)cc1. The number of ether oxygens (including phenoxy) is 1. The molecule has 0 bridgehead atoms. The van der Waals surface area contributed by atoms with Crippen LogP contribution in [0.25, 0.3) is 17.4 Å². The van der Waals surface area contributed by atoms with E-state index in [0.29, 0.717) is 34.4 Å². The van der Waals surface area contributed by atoms with Crippen LogP contribution in [0.2, 0.25) is 5.02 Å². The van der Waals surface area contributed by atoms with Crippen LogP contribution in [-0.4, -0.2) is 18.5 Å². The zero-order chi connectivity index (χ0) is 22.4. The maximum atomic E-state index is 12.4. The average molecular weight is 435 g/mol. The second-order valence-corrected chi connectivity index (χ2v) is 6.99. The van der Waals surface area contributed by atoms with Gasteiger partial charge >= 0.3 is 5.97 Å². The Morgan fingerprint density at radius 3 is 2.55 bits per heavy atom. The minimum atomic E-state index is -0.570. The number of rotatable bonds is 6. The number of esters is 1. The lowest BCUT2D eigenvalue weighted by Gasteiger charge is -2.06. The predicted molar refractivity (Wildman–Crippen MR) is 119 cm³/mol. The van der Waals surface area contributed by atoms with Crippen LogP contribution in [0.3, 0.4) is 0 Å². The van der Waals surface area contributed by atoms with Crippen molar-refractivity contribution in [2.45, 2.75) is 13.8 Å². The lowest BCUT2D eigenvalue weighted by Crippen LogP contribution is -2.13. The molecule has 1 heterocycles. The molecule has 0 saturated heterocycles. The molecule has 0 aliphatic rings. The number of nitrogens with zero attached hydrogens (tertiary/aromatic N) is 1. The number of anilines is 1. The van der Waals surface area contributed by atoms with E-state index in [1.807, 2.05) is 13.0 Å². The number of nitriles is 1. The zero-order valence-electron chi connectivity index (χ0n) is 16.9. The molecule has 3 aromatic rings. The third-order valence-electron chi connectivity index (χ3n) is 4.39. The van der Waals surface area contributed by atoms with E-state index in [9.17, 15) is 14.9 Å². The minimum Gasteiger partial charge on any atom is -0.462 e. The molecular formula is C24H19ClN2O4. The van der Waals surface area contributed by atoms with Crippen molar-refractivity contribution in [3.8, 4) is 17.4 Å². The summed E-state index contributed by atoms with van der Waals surface area (Å²) in [4.78, 5) is 24.2. The number of carbonyl (C=O) groups excluding carboxylic acids is 2. The summed E-state index contributed by atoms with van der Waals surface area (Å²) in [6.07, 6.45) is 1.36. The standard InChI is InChI=1S/C24H19ClN2O4/c1-3-30-24(29)17-7-5-16(6-8-17)22-11-10-20(31-22)12-18(14-26)23(28)27-19-9-4-15(2)21(25)13-19/h4-13H,3H2,1-2H3,(H,27,28)/b18-12-. The van der Waals surface area contributed by atoms with E-state index in [1.165, 1.54) is 6.08 Å². The molecule has 0 spiro atoms. The average Bonchev–Trinajstić information content (AvgIpc) is 3.23. The van der Waals surface area contributed by atoms with Crippen molar-refractivity contribution in [2.24, 2.45) is 0 Å². The molecule has 2 aromatic carbocycles. The van der Waals surface area contributed by atoms with E-state index in [0.717, 1.165) is 11.1 Å². The van der Waals surface area contributed by atoms with E-state index < -0.39 is 11.9 Å². The number of halogens is 1. The molecule has 156 valence electrons. The summed E-state index contributed by atoms with van der Waals surface area (Å²) in [5.74, 6) is -0.0846. The minimum absolute atomic E-state index is 0.116. The molecule has 0 aliphatic carbocycles. The third kappa shape index (κ3) is 5.41. The second-order valence-electron chi connectivity index (χ2n) is 6.59. The molecule has 6 nitrogen and oxygen atoms in total. The predicted octanol–water partition coefficient (Wildman–Crippen LogP) is 5.63. The Labute approximate surface area is 184 Å². The van der Waals surface area contributed by atoms with Gasteiger partial charge in [0.05, 0.1) is 12.2 Å². The smallest absolute Gasteiger partial charge is 0.338 e. The lowest BCUT2D eigenvalue weighted by atomic mass is 10.1. The van der Waals surface area contributed by atoms with Crippen LogP contribution in [0.15, 0.2) is 64.6 Å². The molecule has 0 unspecified atom stereocenters. The highest BCUT2D eigenvalue weighted by Gasteiger charge is 2.13. The second kappa shape index (κ2) is 9.79. The van der Waals surface area contributed by atoms with Crippen LogP contribution in [0.1, 0.15) is 28.6 Å². The molecule has 0 aliphatic heterocycles. The van der Waals surface area contributed by atoms with Gasteiger partial charge in [0.25, 0.3) is 5.91 Å². The van der Waals surface area contributed by atoms with Gasteiger partial charge in [0, 0.05) is 22.3 Å². The molecule has 0 radical (unpaired) electrons. The van der Waals surface area contributed by atoms with Crippen LogP contribution in [-0.2, 0) is 9.53 Å². The topological polar surface area (TPSA) is 92.3 Å². The quantitative estimate of drug-likeness (QED) is 0.308. The van der Waals surface area contributed by atoms with Crippen molar-refractivity contribution in [3.63, 3.8) is 0 Å². The Kier molecular flexibility index (Phi) is 6.91.